The molecule has 1 amide bonds. The van der Waals surface area contributed by atoms with Crippen LogP contribution in [0.4, 0.5) is 0 Å². The van der Waals surface area contributed by atoms with Crippen molar-refractivity contribution in [3.05, 3.63) is 34.9 Å². The van der Waals surface area contributed by atoms with Crippen LogP contribution >= 0.6 is 0 Å². The average molecular weight is 221 g/mol. The highest BCUT2D eigenvalue weighted by atomic mass is 16.7. The number of hydrogen-bond donors (Lipinski definition) is 0. The van der Waals surface area contributed by atoms with Crippen LogP contribution in [0.15, 0.2) is 18.2 Å². The van der Waals surface area contributed by atoms with Gasteiger partial charge in [0, 0.05) is 12.6 Å². The number of benzene rings is 1. The Hall–Kier alpha value is -1.35. The van der Waals surface area contributed by atoms with E-state index in [2.05, 4.69) is 13.8 Å². The predicted molar refractivity (Wildman–Crippen MR) is 64.3 cm³/mol. The van der Waals surface area contributed by atoms with Crippen molar-refractivity contribution in [2.45, 2.75) is 26.7 Å². The maximum absolute atomic E-state index is 11.8. The summed E-state index contributed by atoms with van der Waals surface area (Å²) in [6.45, 7) is 4.22. The third-order valence-electron chi connectivity index (χ3n) is 2.77. The summed E-state index contributed by atoms with van der Waals surface area (Å²) in [7, 11) is 3.10. The molecule has 0 aliphatic rings. The predicted octanol–water partition coefficient (Wildman–Crippen LogP) is 2.44. The minimum absolute atomic E-state index is 0.111. The highest BCUT2D eigenvalue weighted by molar-refractivity contribution is 5.93. The van der Waals surface area contributed by atoms with Crippen molar-refractivity contribution in [2.75, 3.05) is 14.2 Å². The molecule has 3 heteroatoms. The molecular formula is C13H19NO2. The summed E-state index contributed by atoms with van der Waals surface area (Å²) in [5, 5.41) is 1.24. The van der Waals surface area contributed by atoms with E-state index in [0.717, 1.165) is 12.8 Å². The van der Waals surface area contributed by atoms with Gasteiger partial charge in [-0.2, -0.15) is 0 Å². The first-order chi connectivity index (χ1) is 7.63. The van der Waals surface area contributed by atoms with Gasteiger partial charge in [-0.1, -0.05) is 19.9 Å². The molecule has 0 N–H and O–H groups in total. The number of carbonyl (C=O) groups is 1. The first-order valence-electron chi connectivity index (χ1n) is 5.58. The number of carbonyl (C=O) groups excluding carboxylic acids is 1. The topological polar surface area (TPSA) is 29.5 Å². The van der Waals surface area contributed by atoms with Crippen LogP contribution in [0.5, 0.6) is 0 Å². The molecule has 0 unspecified atom stereocenters. The molecule has 0 bridgehead atoms. The molecule has 88 valence electrons. The number of aryl methyl sites for hydroxylation is 2. The zero-order valence-corrected chi connectivity index (χ0v) is 10.4. The SMILES string of the molecule is CCc1ccc(C(=O)N(C)OC)cc1CC. The lowest BCUT2D eigenvalue weighted by molar-refractivity contribution is -0.0757. The highest BCUT2D eigenvalue weighted by Gasteiger charge is 2.12. The van der Waals surface area contributed by atoms with Gasteiger partial charge >= 0.3 is 0 Å². The summed E-state index contributed by atoms with van der Waals surface area (Å²) in [6, 6.07) is 5.84. The molecule has 16 heavy (non-hydrogen) atoms. The Morgan fingerprint density at radius 3 is 2.38 bits per heavy atom. The van der Waals surface area contributed by atoms with Gasteiger partial charge in [0.1, 0.15) is 0 Å². The van der Waals surface area contributed by atoms with Gasteiger partial charge in [-0.25, -0.2) is 5.06 Å². The van der Waals surface area contributed by atoms with Crippen LogP contribution in [0.2, 0.25) is 0 Å². The molecule has 1 rings (SSSR count). The van der Waals surface area contributed by atoms with E-state index in [-0.39, 0.29) is 5.91 Å². The van der Waals surface area contributed by atoms with Crippen molar-refractivity contribution in [1.29, 1.82) is 0 Å². The summed E-state index contributed by atoms with van der Waals surface area (Å²) in [6.07, 6.45) is 1.94. The molecule has 0 aliphatic carbocycles. The summed E-state index contributed by atoms with van der Waals surface area (Å²) >= 11 is 0. The Morgan fingerprint density at radius 1 is 1.25 bits per heavy atom. The Labute approximate surface area is 97.0 Å². The normalized spacial score (nSPS) is 10.2. The molecular weight excluding hydrogens is 202 g/mol. The molecule has 0 fully saturated rings. The smallest absolute Gasteiger partial charge is 0.274 e. The minimum Gasteiger partial charge on any atom is -0.274 e. The van der Waals surface area contributed by atoms with Gasteiger partial charge in [0.05, 0.1) is 7.11 Å². The Bertz CT molecular complexity index is 374. The van der Waals surface area contributed by atoms with Gasteiger partial charge in [-0.3, -0.25) is 9.63 Å². The highest BCUT2D eigenvalue weighted by Crippen LogP contribution is 2.15. The fourth-order valence-electron chi connectivity index (χ4n) is 1.70. The molecule has 0 saturated heterocycles. The number of hydroxylamine groups is 2. The van der Waals surface area contributed by atoms with Crippen LogP contribution in [-0.4, -0.2) is 25.1 Å². The number of rotatable bonds is 4. The monoisotopic (exact) mass is 221 g/mol. The van der Waals surface area contributed by atoms with Gasteiger partial charge in [-0.05, 0) is 36.1 Å². The first kappa shape index (κ1) is 12.7. The zero-order valence-electron chi connectivity index (χ0n) is 10.4. The Balaban J connectivity index is 3.03. The lowest BCUT2D eigenvalue weighted by Gasteiger charge is -2.15. The van der Waals surface area contributed by atoms with Crippen molar-refractivity contribution in [1.82, 2.24) is 5.06 Å². The van der Waals surface area contributed by atoms with E-state index >= 15 is 0 Å². The van der Waals surface area contributed by atoms with Gasteiger partial charge in [-0.15, -0.1) is 0 Å². The molecule has 0 atom stereocenters. The molecule has 0 aromatic heterocycles. The van der Waals surface area contributed by atoms with E-state index < -0.39 is 0 Å². The summed E-state index contributed by atoms with van der Waals surface area (Å²) in [5.41, 5.74) is 3.22. The van der Waals surface area contributed by atoms with Gasteiger partial charge in [0.25, 0.3) is 5.91 Å². The second-order valence-corrected chi connectivity index (χ2v) is 3.68. The van der Waals surface area contributed by atoms with Crippen LogP contribution in [0.3, 0.4) is 0 Å². The standard InChI is InChI=1S/C13H19NO2/c1-5-10-7-8-12(9-11(10)6-2)13(15)14(3)16-4/h7-9H,5-6H2,1-4H3. The second-order valence-electron chi connectivity index (χ2n) is 3.68. The average Bonchev–Trinajstić information content (AvgIpc) is 2.35. The molecule has 0 heterocycles. The van der Waals surface area contributed by atoms with Crippen molar-refractivity contribution in [3.8, 4) is 0 Å². The summed E-state index contributed by atoms with van der Waals surface area (Å²) < 4.78 is 0. The van der Waals surface area contributed by atoms with Crippen LogP contribution in [0, 0.1) is 0 Å². The van der Waals surface area contributed by atoms with Crippen molar-refractivity contribution in [2.24, 2.45) is 0 Å². The lowest BCUT2D eigenvalue weighted by atomic mass is 10.00. The fraction of sp³-hybridized carbons (Fsp3) is 0.462. The van der Waals surface area contributed by atoms with E-state index in [9.17, 15) is 4.79 Å². The lowest BCUT2D eigenvalue weighted by Crippen LogP contribution is -2.25. The molecule has 3 nitrogen and oxygen atoms in total. The molecule has 0 spiro atoms. The number of nitrogens with zero attached hydrogens (tertiary/aromatic N) is 1. The van der Waals surface area contributed by atoms with Crippen LogP contribution < -0.4 is 0 Å². The van der Waals surface area contributed by atoms with Gasteiger partial charge in [0.15, 0.2) is 0 Å². The van der Waals surface area contributed by atoms with E-state index in [1.165, 1.54) is 23.3 Å². The first-order valence-corrected chi connectivity index (χ1v) is 5.58. The van der Waals surface area contributed by atoms with Crippen molar-refractivity contribution >= 4 is 5.91 Å². The summed E-state index contributed by atoms with van der Waals surface area (Å²) in [4.78, 5) is 16.7. The van der Waals surface area contributed by atoms with Gasteiger partial charge in [0.2, 0.25) is 0 Å². The Kier molecular flexibility index (Phi) is 4.50. The van der Waals surface area contributed by atoms with Crippen LogP contribution in [0.1, 0.15) is 35.3 Å². The van der Waals surface area contributed by atoms with E-state index in [0.29, 0.717) is 5.56 Å². The quantitative estimate of drug-likeness (QED) is 0.731. The molecule has 1 aromatic rings. The number of amides is 1. The third kappa shape index (κ3) is 2.61. The zero-order chi connectivity index (χ0) is 12.1. The molecule has 1 aromatic carbocycles. The maximum Gasteiger partial charge on any atom is 0.277 e. The molecule has 0 aliphatic heterocycles. The second kappa shape index (κ2) is 5.66. The van der Waals surface area contributed by atoms with Gasteiger partial charge < -0.3 is 0 Å². The molecule has 0 radical (unpaired) electrons. The van der Waals surface area contributed by atoms with E-state index in [1.807, 2.05) is 18.2 Å². The van der Waals surface area contributed by atoms with Crippen LogP contribution in [-0.2, 0) is 17.7 Å². The Morgan fingerprint density at radius 2 is 1.88 bits per heavy atom. The maximum atomic E-state index is 11.8. The van der Waals surface area contributed by atoms with Crippen molar-refractivity contribution in [3.63, 3.8) is 0 Å². The van der Waals surface area contributed by atoms with E-state index in [1.54, 1.807) is 7.05 Å². The van der Waals surface area contributed by atoms with E-state index in [4.69, 9.17) is 4.84 Å². The summed E-state index contributed by atoms with van der Waals surface area (Å²) in [5.74, 6) is -0.111. The largest absolute Gasteiger partial charge is 0.277 e. The van der Waals surface area contributed by atoms with Crippen molar-refractivity contribution < 1.29 is 9.63 Å². The fourth-order valence-corrected chi connectivity index (χ4v) is 1.70. The minimum atomic E-state index is -0.111. The molecule has 0 saturated carbocycles. The number of hydrogen-bond acceptors (Lipinski definition) is 2. The third-order valence-corrected chi connectivity index (χ3v) is 2.77. The van der Waals surface area contributed by atoms with Crippen LogP contribution in [0.25, 0.3) is 0 Å².